The molecular weight excluding hydrogens is 715 g/mol. The second-order valence-electron chi connectivity index (χ2n) is 14.7. The summed E-state index contributed by atoms with van der Waals surface area (Å²) in [5.74, 6) is 0. The topological polar surface area (TPSA) is 30.2 Å². The molecule has 0 N–H and O–H groups in total. The van der Waals surface area contributed by atoms with E-state index in [0.717, 1.165) is 106 Å². The summed E-state index contributed by atoms with van der Waals surface area (Å²) >= 11 is 0. The van der Waals surface area contributed by atoms with Gasteiger partial charge >= 0.3 is 0 Å². The highest BCUT2D eigenvalue weighted by atomic mass is 15.0. The van der Waals surface area contributed by atoms with Gasteiger partial charge in [-0.15, -0.1) is 0 Å². The molecule has 0 aliphatic carbocycles. The summed E-state index contributed by atoms with van der Waals surface area (Å²) < 4.78 is 2.18. The largest absolute Gasteiger partial charge is 0.299 e. The van der Waals surface area contributed by atoms with Crippen molar-refractivity contribution in [3.05, 3.63) is 225 Å². The summed E-state index contributed by atoms with van der Waals surface area (Å²) in [5, 5.41) is 2.29. The SMILES string of the molecule is C=Cc1cc(-c2cc(-c3cccc(-c4nc5ccccn5c4-c4ccccc4)c3)cc(-c3cc(-c4ccccc4)cc(-c4ccccc4)n3)c2)c2ccccc2c1C=C. The maximum absolute atomic E-state index is 5.38. The fourth-order valence-corrected chi connectivity index (χ4v) is 8.30. The van der Waals surface area contributed by atoms with Crippen LogP contribution in [0.25, 0.3) is 107 Å². The van der Waals surface area contributed by atoms with Crippen molar-refractivity contribution in [1.29, 1.82) is 0 Å². The number of imidazole rings is 1. The van der Waals surface area contributed by atoms with Crippen molar-refractivity contribution in [3.8, 4) is 78.4 Å². The Morgan fingerprint density at radius 3 is 1.68 bits per heavy atom. The lowest BCUT2D eigenvalue weighted by atomic mass is 9.88. The summed E-state index contributed by atoms with van der Waals surface area (Å²) in [6.45, 7) is 8.38. The van der Waals surface area contributed by atoms with Crippen molar-refractivity contribution in [2.75, 3.05) is 0 Å². The molecule has 10 aromatic rings. The Bertz CT molecular complexity index is 3120. The third kappa shape index (κ3) is 6.65. The number of rotatable bonds is 9. The second kappa shape index (κ2) is 15.2. The molecule has 3 nitrogen and oxygen atoms in total. The molecule has 0 aliphatic heterocycles. The minimum atomic E-state index is 0.895. The Morgan fingerprint density at radius 2 is 0.949 bits per heavy atom. The molecule has 0 spiro atoms. The van der Waals surface area contributed by atoms with Crippen molar-refractivity contribution in [1.82, 2.24) is 14.4 Å². The predicted molar refractivity (Wildman–Crippen MR) is 249 cm³/mol. The molecule has 10 rings (SSSR count). The lowest BCUT2D eigenvalue weighted by Crippen LogP contribution is -1.94. The maximum Gasteiger partial charge on any atom is 0.137 e. The molecule has 7 aromatic carbocycles. The number of hydrogen-bond acceptors (Lipinski definition) is 2. The fraction of sp³-hybridized carbons (Fsp3) is 0. The summed E-state index contributed by atoms with van der Waals surface area (Å²) in [6.07, 6.45) is 5.95. The average molecular weight is 754 g/mol. The third-order valence-electron chi connectivity index (χ3n) is 11.1. The van der Waals surface area contributed by atoms with Gasteiger partial charge in [-0.25, -0.2) is 9.97 Å². The summed E-state index contributed by atoms with van der Waals surface area (Å²) in [7, 11) is 0. The molecule has 0 fully saturated rings. The van der Waals surface area contributed by atoms with Gasteiger partial charge in [0.15, 0.2) is 0 Å². The van der Waals surface area contributed by atoms with Gasteiger partial charge in [0.1, 0.15) is 5.65 Å². The van der Waals surface area contributed by atoms with Crippen LogP contribution < -0.4 is 0 Å². The van der Waals surface area contributed by atoms with Crippen LogP contribution in [0.2, 0.25) is 0 Å². The number of aromatic nitrogens is 3. The highest BCUT2D eigenvalue weighted by Gasteiger charge is 2.19. The molecule has 0 atom stereocenters. The van der Waals surface area contributed by atoms with Crippen molar-refractivity contribution >= 4 is 28.6 Å². The first-order valence-electron chi connectivity index (χ1n) is 19.9. The number of benzene rings is 7. The summed E-state index contributed by atoms with van der Waals surface area (Å²) in [6, 6.07) is 68.6. The number of nitrogens with zero attached hydrogens (tertiary/aromatic N) is 3. The first-order chi connectivity index (χ1) is 29.1. The van der Waals surface area contributed by atoms with E-state index in [2.05, 4.69) is 206 Å². The molecule has 0 aliphatic rings. The van der Waals surface area contributed by atoms with Crippen LogP contribution in [0.1, 0.15) is 11.1 Å². The molecule has 0 amide bonds. The molecular formula is C56H39N3. The van der Waals surface area contributed by atoms with Crippen molar-refractivity contribution in [2.45, 2.75) is 0 Å². The van der Waals surface area contributed by atoms with Gasteiger partial charge in [-0.05, 0) is 110 Å². The van der Waals surface area contributed by atoms with E-state index in [-0.39, 0.29) is 0 Å². The van der Waals surface area contributed by atoms with Crippen LogP contribution in [0.15, 0.2) is 213 Å². The fourth-order valence-electron chi connectivity index (χ4n) is 8.30. The zero-order valence-corrected chi connectivity index (χ0v) is 32.5. The van der Waals surface area contributed by atoms with Crippen molar-refractivity contribution in [2.24, 2.45) is 0 Å². The molecule has 278 valence electrons. The van der Waals surface area contributed by atoms with Crippen LogP contribution in [0, 0.1) is 0 Å². The Labute approximate surface area is 344 Å². The van der Waals surface area contributed by atoms with Gasteiger partial charge in [0, 0.05) is 28.5 Å². The van der Waals surface area contributed by atoms with Crippen LogP contribution in [-0.2, 0) is 0 Å². The minimum absolute atomic E-state index is 0.895. The lowest BCUT2D eigenvalue weighted by Gasteiger charge is -2.17. The number of hydrogen-bond donors (Lipinski definition) is 0. The van der Waals surface area contributed by atoms with Crippen LogP contribution in [0.3, 0.4) is 0 Å². The predicted octanol–water partition coefficient (Wildman–Crippen LogP) is 14.8. The van der Waals surface area contributed by atoms with Gasteiger partial charge in [-0.1, -0.05) is 165 Å². The molecule has 0 saturated heterocycles. The van der Waals surface area contributed by atoms with E-state index in [1.54, 1.807) is 0 Å². The quantitative estimate of drug-likeness (QED) is 0.147. The molecule has 3 aromatic heterocycles. The Balaban J connectivity index is 1.22. The standard InChI is InChI=1S/C56H39N3/c1-3-38-35-51(50-28-15-14-27-49(50)48(38)4-2)46-32-44(33-47(34-46)53-37-45(39-19-8-5-9-20-39)36-52(57-53)40-21-10-6-11-22-40)42-25-18-26-43(31-42)55-56(41-23-12-7-13-24-41)59-30-17-16-29-54(59)58-55/h3-37H,1-2H2. The van der Waals surface area contributed by atoms with Crippen LogP contribution in [0.5, 0.6) is 0 Å². The van der Waals surface area contributed by atoms with E-state index in [1.807, 2.05) is 24.3 Å². The van der Waals surface area contributed by atoms with E-state index in [0.29, 0.717) is 0 Å². The molecule has 0 unspecified atom stereocenters. The molecule has 0 saturated carbocycles. The smallest absolute Gasteiger partial charge is 0.137 e. The highest BCUT2D eigenvalue weighted by Crippen LogP contribution is 2.41. The van der Waals surface area contributed by atoms with Gasteiger partial charge in [-0.3, -0.25) is 4.40 Å². The zero-order valence-electron chi connectivity index (χ0n) is 32.5. The Kier molecular flexibility index (Phi) is 9.17. The first kappa shape index (κ1) is 35.5. The van der Waals surface area contributed by atoms with Crippen molar-refractivity contribution in [3.63, 3.8) is 0 Å². The molecule has 3 heteroatoms. The van der Waals surface area contributed by atoms with Crippen LogP contribution >= 0.6 is 0 Å². The average Bonchev–Trinajstić information content (AvgIpc) is 3.71. The number of fused-ring (bicyclic) bond motifs is 2. The normalized spacial score (nSPS) is 11.2. The van der Waals surface area contributed by atoms with Crippen molar-refractivity contribution < 1.29 is 0 Å². The van der Waals surface area contributed by atoms with E-state index >= 15 is 0 Å². The maximum atomic E-state index is 5.38. The van der Waals surface area contributed by atoms with E-state index in [1.165, 1.54) is 0 Å². The van der Waals surface area contributed by atoms with Gasteiger partial charge in [0.2, 0.25) is 0 Å². The monoisotopic (exact) mass is 753 g/mol. The van der Waals surface area contributed by atoms with Gasteiger partial charge in [-0.2, -0.15) is 0 Å². The third-order valence-corrected chi connectivity index (χ3v) is 11.1. The highest BCUT2D eigenvalue weighted by molar-refractivity contribution is 6.04. The Morgan fingerprint density at radius 1 is 0.390 bits per heavy atom. The van der Waals surface area contributed by atoms with E-state index in [9.17, 15) is 0 Å². The minimum Gasteiger partial charge on any atom is -0.299 e. The van der Waals surface area contributed by atoms with Gasteiger partial charge in [0.05, 0.1) is 22.8 Å². The lowest BCUT2D eigenvalue weighted by molar-refractivity contribution is 1.19. The van der Waals surface area contributed by atoms with Gasteiger partial charge < -0.3 is 0 Å². The van der Waals surface area contributed by atoms with E-state index in [4.69, 9.17) is 9.97 Å². The van der Waals surface area contributed by atoms with E-state index < -0.39 is 0 Å². The first-order valence-corrected chi connectivity index (χ1v) is 19.9. The van der Waals surface area contributed by atoms with Crippen LogP contribution in [0.4, 0.5) is 0 Å². The molecule has 0 bridgehead atoms. The van der Waals surface area contributed by atoms with Crippen LogP contribution in [-0.4, -0.2) is 14.4 Å². The molecule has 59 heavy (non-hydrogen) atoms. The van der Waals surface area contributed by atoms with Gasteiger partial charge in [0.25, 0.3) is 0 Å². The summed E-state index contributed by atoms with van der Waals surface area (Å²) in [5.41, 5.74) is 17.7. The zero-order chi connectivity index (χ0) is 39.7. The summed E-state index contributed by atoms with van der Waals surface area (Å²) in [4.78, 5) is 10.6. The Hall–Kier alpha value is -7.88. The number of pyridine rings is 2. The molecule has 0 radical (unpaired) electrons. The molecule has 3 heterocycles. The second-order valence-corrected chi connectivity index (χ2v) is 14.7.